The van der Waals surface area contributed by atoms with Crippen LogP contribution in [-0.4, -0.2) is 78.4 Å². The molecular weight excluding hydrogens is 364 g/mol. The molecule has 6 heteroatoms. The van der Waals surface area contributed by atoms with Crippen LogP contribution in [0.2, 0.25) is 0 Å². The lowest BCUT2D eigenvalue weighted by molar-refractivity contribution is -0.138. The molecule has 1 N–H and O–H groups in total. The van der Waals surface area contributed by atoms with Gasteiger partial charge in [-0.25, -0.2) is 0 Å². The van der Waals surface area contributed by atoms with Crippen LogP contribution in [0.4, 0.5) is 5.69 Å². The first-order valence-electron chi connectivity index (χ1n) is 11.1. The maximum absolute atomic E-state index is 12.8. The van der Waals surface area contributed by atoms with Gasteiger partial charge in [0.1, 0.15) is 0 Å². The summed E-state index contributed by atoms with van der Waals surface area (Å²) in [7, 11) is 0. The van der Waals surface area contributed by atoms with Gasteiger partial charge in [0, 0.05) is 45.0 Å². The minimum absolute atomic E-state index is 0.0333. The Labute approximate surface area is 175 Å². The molecule has 0 aliphatic carbocycles. The van der Waals surface area contributed by atoms with E-state index in [9.17, 15) is 9.59 Å². The molecule has 160 valence electrons. The number of piperazine rings is 1. The number of likely N-dealkylation sites (tertiary alicyclic amines) is 1. The SMILES string of the molecule is CCc1ccccc1NC(=O)CN1CCN(C(C)C(=O)N2CCC(C)CC2)CC1. The number of benzene rings is 1. The van der Waals surface area contributed by atoms with E-state index >= 15 is 0 Å². The van der Waals surface area contributed by atoms with E-state index in [1.54, 1.807) is 0 Å². The molecule has 0 aromatic heterocycles. The fourth-order valence-electron chi connectivity index (χ4n) is 4.30. The van der Waals surface area contributed by atoms with E-state index < -0.39 is 0 Å². The van der Waals surface area contributed by atoms with Crippen molar-refractivity contribution in [2.45, 2.75) is 46.1 Å². The Morgan fingerprint density at radius 3 is 2.38 bits per heavy atom. The average Bonchev–Trinajstić information content (AvgIpc) is 2.74. The minimum atomic E-state index is -0.0733. The highest BCUT2D eigenvalue weighted by Gasteiger charge is 2.30. The smallest absolute Gasteiger partial charge is 0.239 e. The fourth-order valence-corrected chi connectivity index (χ4v) is 4.30. The second kappa shape index (κ2) is 10.2. The van der Waals surface area contributed by atoms with Crippen molar-refractivity contribution in [1.29, 1.82) is 0 Å². The van der Waals surface area contributed by atoms with Crippen molar-refractivity contribution in [3.8, 4) is 0 Å². The Kier molecular flexibility index (Phi) is 7.67. The maximum Gasteiger partial charge on any atom is 0.239 e. The first-order chi connectivity index (χ1) is 14.0. The lowest BCUT2D eigenvalue weighted by Gasteiger charge is -2.40. The number of nitrogens with one attached hydrogen (secondary N) is 1. The van der Waals surface area contributed by atoms with Gasteiger partial charge in [0.05, 0.1) is 12.6 Å². The third kappa shape index (κ3) is 5.80. The lowest BCUT2D eigenvalue weighted by Crippen LogP contribution is -2.56. The molecule has 0 saturated carbocycles. The second-order valence-electron chi connectivity index (χ2n) is 8.55. The molecular formula is C23H36N4O2. The number of carbonyl (C=O) groups excluding carboxylic acids is 2. The number of rotatable bonds is 6. The van der Waals surface area contributed by atoms with Crippen LogP contribution in [-0.2, 0) is 16.0 Å². The molecule has 2 heterocycles. The molecule has 0 spiro atoms. The van der Waals surface area contributed by atoms with Gasteiger partial charge < -0.3 is 10.2 Å². The molecule has 2 saturated heterocycles. The summed E-state index contributed by atoms with van der Waals surface area (Å²) >= 11 is 0. The molecule has 3 rings (SSSR count). The van der Waals surface area contributed by atoms with Crippen LogP contribution < -0.4 is 5.32 Å². The van der Waals surface area contributed by atoms with E-state index in [1.165, 1.54) is 0 Å². The van der Waals surface area contributed by atoms with Gasteiger partial charge in [-0.05, 0) is 43.7 Å². The highest BCUT2D eigenvalue weighted by atomic mass is 16.2. The van der Waals surface area contributed by atoms with Gasteiger partial charge in [-0.2, -0.15) is 0 Å². The van der Waals surface area contributed by atoms with Crippen molar-refractivity contribution >= 4 is 17.5 Å². The maximum atomic E-state index is 12.8. The van der Waals surface area contributed by atoms with Gasteiger partial charge in [-0.15, -0.1) is 0 Å². The molecule has 6 nitrogen and oxygen atoms in total. The summed E-state index contributed by atoms with van der Waals surface area (Å²) in [5.74, 6) is 1.03. The molecule has 1 atom stereocenters. The van der Waals surface area contributed by atoms with Gasteiger partial charge >= 0.3 is 0 Å². The highest BCUT2D eigenvalue weighted by molar-refractivity contribution is 5.93. The third-order valence-corrected chi connectivity index (χ3v) is 6.45. The topological polar surface area (TPSA) is 55.9 Å². The summed E-state index contributed by atoms with van der Waals surface area (Å²) in [6, 6.07) is 7.89. The van der Waals surface area contributed by atoms with Gasteiger partial charge in [-0.1, -0.05) is 32.0 Å². The van der Waals surface area contributed by atoms with Crippen molar-refractivity contribution in [1.82, 2.24) is 14.7 Å². The number of nitrogens with zero attached hydrogens (tertiary/aromatic N) is 3. The molecule has 2 aliphatic heterocycles. The Hall–Kier alpha value is -1.92. The van der Waals surface area contributed by atoms with Crippen LogP contribution in [0, 0.1) is 5.92 Å². The Bertz CT molecular complexity index is 692. The Balaban J connectivity index is 1.44. The van der Waals surface area contributed by atoms with E-state index in [4.69, 9.17) is 0 Å². The zero-order valence-electron chi connectivity index (χ0n) is 18.2. The minimum Gasteiger partial charge on any atom is -0.341 e. The Morgan fingerprint density at radius 2 is 1.72 bits per heavy atom. The van der Waals surface area contributed by atoms with Crippen LogP contribution in [0.15, 0.2) is 24.3 Å². The standard InChI is InChI=1S/C23H36N4O2/c1-4-20-7-5-6-8-21(20)24-22(28)17-25-13-15-26(16-14-25)19(3)23(29)27-11-9-18(2)10-12-27/h5-8,18-19H,4,9-17H2,1-3H3,(H,24,28). The number of amides is 2. The van der Waals surface area contributed by atoms with Crippen LogP contribution in [0.3, 0.4) is 0 Å². The summed E-state index contributed by atoms with van der Waals surface area (Å²) in [6.07, 6.45) is 3.13. The molecule has 0 radical (unpaired) electrons. The van der Waals surface area contributed by atoms with E-state index in [-0.39, 0.29) is 17.9 Å². The summed E-state index contributed by atoms with van der Waals surface area (Å²) in [6.45, 7) is 11.9. The van der Waals surface area contributed by atoms with Crippen molar-refractivity contribution in [3.05, 3.63) is 29.8 Å². The van der Waals surface area contributed by atoms with Crippen LogP contribution in [0.25, 0.3) is 0 Å². The zero-order valence-corrected chi connectivity index (χ0v) is 18.2. The van der Waals surface area contributed by atoms with Crippen LogP contribution in [0.5, 0.6) is 0 Å². The average molecular weight is 401 g/mol. The molecule has 1 unspecified atom stereocenters. The molecule has 1 aromatic rings. The summed E-state index contributed by atoms with van der Waals surface area (Å²) < 4.78 is 0. The van der Waals surface area contributed by atoms with E-state index in [0.29, 0.717) is 6.54 Å². The predicted octanol–water partition coefficient (Wildman–Crippen LogP) is 2.45. The van der Waals surface area contributed by atoms with Gasteiger partial charge in [-0.3, -0.25) is 19.4 Å². The molecule has 0 bridgehead atoms. The summed E-state index contributed by atoms with van der Waals surface area (Å²) in [5, 5.41) is 3.05. The number of hydrogen-bond acceptors (Lipinski definition) is 4. The van der Waals surface area contributed by atoms with Crippen LogP contribution in [0.1, 0.15) is 39.2 Å². The normalized spacial score (nSPS) is 20.4. The Morgan fingerprint density at radius 1 is 1.07 bits per heavy atom. The van der Waals surface area contributed by atoms with E-state index in [0.717, 1.165) is 75.7 Å². The number of carbonyl (C=O) groups is 2. The van der Waals surface area contributed by atoms with Crippen molar-refractivity contribution in [3.63, 3.8) is 0 Å². The summed E-state index contributed by atoms with van der Waals surface area (Å²) in [5.41, 5.74) is 2.07. The highest BCUT2D eigenvalue weighted by Crippen LogP contribution is 2.19. The third-order valence-electron chi connectivity index (χ3n) is 6.45. The first-order valence-corrected chi connectivity index (χ1v) is 11.1. The second-order valence-corrected chi connectivity index (χ2v) is 8.55. The van der Waals surface area contributed by atoms with Crippen molar-refractivity contribution in [2.75, 3.05) is 51.1 Å². The largest absolute Gasteiger partial charge is 0.341 e. The molecule has 1 aromatic carbocycles. The quantitative estimate of drug-likeness (QED) is 0.797. The number of anilines is 1. The molecule has 29 heavy (non-hydrogen) atoms. The fraction of sp³-hybridized carbons (Fsp3) is 0.652. The van der Waals surface area contributed by atoms with Crippen molar-refractivity contribution in [2.24, 2.45) is 5.92 Å². The van der Waals surface area contributed by atoms with Crippen LogP contribution >= 0.6 is 0 Å². The van der Waals surface area contributed by atoms with E-state index in [2.05, 4.69) is 35.0 Å². The molecule has 2 aliphatic rings. The number of piperidine rings is 1. The number of hydrogen-bond donors (Lipinski definition) is 1. The predicted molar refractivity (Wildman–Crippen MR) is 117 cm³/mol. The molecule has 2 fully saturated rings. The van der Waals surface area contributed by atoms with Crippen molar-refractivity contribution < 1.29 is 9.59 Å². The first kappa shape index (κ1) is 21.8. The molecule has 2 amide bonds. The van der Waals surface area contributed by atoms with Gasteiger partial charge in [0.2, 0.25) is 11.8 Å². The lowest BCUT2D eigenvalue weighted by atomic mass is 9.98. The number of aryl methyl sites for hydroxylation is 1. The van der Waals surface area contributed by atoms with E-state index in [1.807, 2.05) is 30.0 Å². The van der Waals surface area contributed by atoms with Gasteiger partial charge in [0.15, 0.2) is 0 Å². The summed E-state index contributed by atoms with van der Waals surface area (Å²) in [4.78, 5) is 31.8. The monoisotopic (exact) mass is 400 g/mol. The van der Waals surface area contributed by atoms with Gasteiger partial charge in [0.25, 0.3) is 0 Å². The zero-order chi connectivity index (χ0) is 20.8. The number of para-hydroxylation sites is 1.